The van der Waals surface area contributed by atoms with Crippen LogP contribution in [0.1, 0.15) is 39.0 Å². The highest BCUT2D eigenvalue weighted by Crippen LogP contribution is 2.07. The van der Waals surface area contributed by atoms with Gasteiger partial charge in [0.1, 0.15) is 19.1 Å². The molecular weight excluding hydrogens is 222 g/mol. The maximum absolute atomic E-state index is 12.2. The quantitative estimate of drug-likeness (QED) is 0.574. The smallest absolute Gasteiger partial charge is 0.187 e. The van der Waals surface area contributed by atoms with Crippen LogP contribution in [0.2, 0.25) is 0 Å². The van der Waals surface area contributed by atoms with E-state index in [4.69, 9.17) is 12.3 Å². The van der Waals surface area contributed by atoms with E-state index in [0.717, 1.165) is 0 Å². The van der Waals surface area contributed by atoms with E-state index < -0.39 is 55.7 Å². The molecule has 0 bridgehead atoms. The first kappa shape index (κ1) is 6.29. The van der Waals surface area contributed by atoms with Gasteiger partial charge in [-0.2, -0.15) is 0 Å². The van der Waals surface area contributed by atoms with Gasteiger partial charge in [-0.3, -0.25) is 4.79 Å². The first-order valence-corrected chi connectivity index (χ1v) is 5.05. The monoisotopic (exact) mass is 254 g/mol. The zero-order chi connectivity index (χ0) is 21.4. The molecule has 0 spiro atoms. The van der Waals surface area contributed by atoms with Crippen molar-refractivity contribution in [3.05, 3.63) is 0 Å². The van der Waals surface area contributed by atoms with Crippen LogP contribution in [-0.2, 0) is 9.59 Å². The molecule has 0 fully saturated rings. The van der Waals surface area contributed by atoms with E-state index in [1.165, 1.54) is 0 Å². The second-order valence-electron chi connectivity index (χ2n) is 4.21. The van der Waals surface area contributed by atoms with Crippen LogP contribution in [0.15, 0.2) is 0 Å². The summed E-state index contributed by atoms with van der Waals surface area (Å²) in [5, 5.41) is 20.8. The van der Waals surface area contributed by atoms with Gasteiger partial charge < -0.3 is 19.5 Å². The number of aliphatic hydroxyl groups is 1. The molecule has 0 heterocycles. The molecule has 5 heteroatoms. The van der Waals surface area contributed by atoms with Crippen LogP contribution in [0.5, 0.6) is 0 Å². The molecule has 0 aromatic heterocycles. The minimum absolute atomic E-state index is 0.265. The molecule has 5 nitrogen and oxygen atoms in total. The average molecular weight is 254 g/mol. The number of ketones is 1. The van der Waals surface area contributed by atoms with Crippen LogP contribution in [0.25, 0.3) is 0 Å². The fraction of sp³-hybridized carbons (Fsp3) is 0.833. The number of quaternary nitrogens is 1. The summed E-state index contributed by atoms with van der Waals surface area (Å²) in [6.45, 7) is -9.50. The van der Waals surface area contributed by atoms with Crippen molar-refractivity contribution in [1.29, 1.82) is 0 Å². The Morgan fingerprint density at radius 1 is 1.47 bits per heavy atom. The van der Waals surface area contributed by atoms with Crippen LogP contribution in [0, 0.1) is 5.92 Å². The van der Waals surface area contributed by atoms with E-state index >= 15 is 0 Å². The zero-order valence-electron chi connectivity index (χ0n) is 18.8. The minimum Gasteiger partial charge on any atom is -0.550 e. The Balaban J connectivity index is 6.64. The fourth-order valence-electron chi connectivity index (χ4n) is 1.22. The Hall–Kier alpha value is -0.940. The number of carboxylic acids is 1. The largest absolute Gasteiger partial charge is 0.550 e. The Kier molecular flexibility index (Phi) is 2.48. The number of likely N-dealkylation sites (N-methyl/N-ethyl adjacent to an activating group) is 1. The average Bonchev–Trinajstić information content (AvgIpc) is 2.29. The first-order chi connectivity index (χ1) is 11.2. The van der Waals surface area contributed by atoms with Crippen molar-refractivity contribution in [2.24, 2.45) is 5.92 Å². The summed E-state index contributed by atoms with van der Waals surface area (Å²) in [5.41, 5.74) is 0. The van der Waals surface area contributed by atoms with Crippen LogP contribution < -0.4 is 5.11 Å². The molecule has 0 saturated heterocycles. The van der Waals surface area contributed by atoms with Crippen LogP contribution >= 0.6 is 0 Å². The number of hydrogen-bond donors (Lipinski definition) is 1. The predicted molar refractivity (Wildman–Crippen MR) is 61.9 cm³/mol. The highest BCUT2D eigenvalue weighted by atomic mass is 16.4. The molecule has 0 aromatic carbocycles. The molecule has 0 aliphatic rings. The molecular formula is C12H23NO4. The Bertz CT molecular complexity index is 526. The highest BCUT2D eigenvalue weighted by molar-refractivity contribution is 5.79. The van der Waals surface area contributed by atoms with Crippen molar-refractivity contribution < 1.29 is 36.6 Å². The second-order valence-corrected chi connectivity index (χ2v) is 4.21. The van der Waals surface area contributed by atoms with Gasteiger partial charge in [-0.25, -0.2) is 0 Å². The Labute approximate surface area is 115 Å². The molecule has 17 heavy (non-hydrogen) atoms. The fourth-order valence-corrected chi connectivity index (χ4v) is 1.22. The van der Waals surface area contributed by atoms with Gasteiger partial charge in [0.05, 0.1) is 26.3 Å². The summed E-state index contributed by atoms with van der Waals surface area (Å²) >= 11 is 0. The lowest BCUT2D eigenvalue weighted by molar-refractivity contribution is -0.885. The van der Waals surface area contributed by atoms with Crippen molar-refractivity contribution in [1.82, 2.24) is 0 Å². The van der Waals surface area contributed by atoms with Gasteiger partial charge in [-0.05, 0) is 5.92 Å². The van der Waals surface area contributed by atoms with Crippen molar-refractivity contribution >= 4 is 11.8 Å². The predicted octanol–water partition coefficient (Wildman–Crippen LogP) is -0.821. The van der Waals surface area contributed by atoms with E-state index in [0.29, 0.717) is 0 Å². The number of aliphatic carboxylic acids is 1. The standard InChI is InChI=1S/C12H23NO4/c1-9(2)5-10(14)7-13(3,4)8-11(15)6-12(16)17/h9,11,15H,5-8H2,1-4H3/i3D3,4D3,8D2,11D. The molecule has 1 unspecified atom stereocenters. The van der Waals surface area contributed by atoms with Gasteiger partial charge in [0.25, 0.3) is 0 Å². The SMILES string of the molecule is [2H]C(O)(CC(=O)[O-])C([2H])([2H])[N+](CC(=O)CC(C)C)(C([2H])([2H])[2H])C([2H])([2H])[2H]. The van der Waals surface area contributed by atoms with Gasteiger partial charge in [-0.1, -0.05) is 13.8 Å². The van der Waals surface area contributed by atoms with Crippen LogP contribution in [0.4, 0.5) is 0 Å². The summed E-state index contributed by atoms with van der Waals surface area (Å²) in [6.07, 6.45) is -5.64. The molecule has 0 radical (unpaired) electrons. The maximum Gasteiger partial charge on any atom is 0.187 e. The molecule has 0 amide bonds. The molecule has 0 saturated carbocycles. The van der Waals surface area contributed by atoms with E-state index in [9.17, 15) is 19.8 Å². The summed E-state index contributed by atoms with van der Waals surface area (Å²) in [7, 11) is 0. The number of hydrogen-bond acceptors (Lipinski definition) is 4. The summed E-state index contributed by atoms with van der Waals surface area (Å²) < 4.78 is 66.4. The molecule has 0 aromatic rings. The van der Waals surface area contributed by atoms with Gasteiger partial charge in [0.15, 0.2) is 5.78 Å². The number of carbonyl (C=O) groups excluding carboxylic acids is 2. The second kappa shape index (κ2) is 6.71. The zero-order valence-corrected chi connectivity index (χ0v) is 9.82. The van der Waals surface area contributed by atoms with Crippen molar-refractivity contribution in [2.75, 3.05) is 27.0 Å². The third-order valence-corrected chi connectivity index (χ3v) is 1.68. The number of Topliss-reactive ketones (excluding diaryl/α,β-unsaturated/α-hetero) is 1. The van der Waals surface area contributed by atoms with Crippen LogP contribution in [0.3, 0.4) is 0 Å². The Morgan fingerprint density at radius 3 is 2.47 bits per heavy atom. The molecule has 100 valence electrons. The lowest BCUT2D eigenvalue weighted by Crippen LogP contribution is -2.49. The van der Waals surface area contributed by atoms with Gasteiger partial charge in [0, 0.05) is 18.8 Å². The molecule has 0 rings (SSSR count). The van der Waals surface area contributed by atoms with Crippen molar-refractivity contribution in [3.8, 4) is 0 Å². The summed E-state index contributed by atoms with van der Waals surface area (Å²) in [6, 6.07) is 0. The number of nitrogens with zero attached hydrogens (tertiary/aromatic N) is 1. The number of carbonyl (C=O) groups is 2. The minimum atomic E-state index is -3.88. The van der Waals surface area contributed by atoms with E-state index in [1.807, 2.05) is 0 Å². The van der Waals surface area contributed by atoms with E-state index in [-0.39, 0.29) is 12.3 Å². The molecule has 0 aliphatic carbocycles. The third kappa shape index (κ3) is 8.83. The topological polar surface area (TPSA) is 77.4 Å². The third-order valence-electron chi connectivity index (χ3n) is 1.68. The lowest BCUT2D eigenvalue weighted by atomic mass is 10.1. The lowest BCUT2D eigenvalue weighted by Gasteiger charge is -2.31. The molecule has 1 atom stereocenters. The Morgan fingerprint density at radius 2 is 2.06 bits per heavy atom. The summed E-state index contributed by atoms with van der Waals surface area (Å²) in [4.78, 5) is 22.9. The molecule has 1 N–H and O–H groups in total. The van der Waals surface area contributed by atoms with Crippen LogP contribution in [-0.4, -0.2) is 54.4 Å². The number of rotatable bonds is 8. The number of carboxylic acid groups (broad SMARTS) is 1. The molecule has 0 aliphatic heterocycles. The van der Waals surface area contributed by atoms with Gasteiger partial charge >= 0.3 is 0 Å². The van der Waals surface area contributed by atoms with E-state index in [2.05, 4.69) is 0 Å². The van der Waals surface area contributed by atoms with Crippen molar-refractivity contribution in [2.45, 2.75) is 32.8 Å². The summed E-state index contributed by atoms with van der Waals surface area (Å²) in [5.74, 6) is -3.30. The van der Waals surface area contributed by atoms with Crippen molar-refractivity contribution in [3.63, 3.8) is 0 Å². The maximum atomic E-state index is 12.2. The first-order valence-electron chi connectivity index (χ1n) is 9.55. The van der Waals surface area contributed by atoms with Gasteiger partial charge in [0.2, 0.25) is 0 Å². The highest BCUT2D eigenvalue weighted by Gasteiger charge is 2.24. The van der Waals surface area contributed by atoms with E-state index in [1.54, 1.807) is 13.8 Å². The van der Waals surface area contributed by atoms with Gasteiger partial charge in [-0.15, -0.1) is 0 Å². The normalized spacial score (nSPS) is 25.8.